The van der Waals surface area contributed by atoms with Crippen LogP contribution in [0.3, 0.4) is 0 Å². The highest BCUT2D eigenvalue weighted by Gasteiger charge is 2.06. The van der Waals surface area contributed by atoms with Crippen molar-refractivity contribution < 1.29 is 14.3 Å². The third-order valence-corrected chi connectivity index (χ3v) is 3.19. The lowest BCUT2D eigenvalue weighted by molar-refractivity contribution is -0.136. The second-order valence-corrected chi connectivity index (χ2v) is 4.56. The first-order valence-electron chi connectivity index (χ1n) is 5.04. The topological polar surface area (TPSA) is 67.5 Å². The highest BCUT2D eigenvalue weighted by atomic mass is 32.2. The fourth-order valence-corrected chi connectivity index (χ4v) is 2.26. The lowest BCUT2D eigenvalue weighted by atomic mass is 10.2. The Morgan fingerprint density at radius 1 is 1.35 bits per heavy atom. The van der Waals surface area contributed by atoms with Gasteiger partial charge in [0.05, 0.1) is 11.3 Å². The van der Waals surface area contributed by atoms with Gasteiger partial charge < -0.3 is 9.52 Å². The SMILES string of the molecule is O=C(O)CCSc1cc2ccccc2oc1=O. The first-order valence-corrected chi connectivity index (χ1v) is 6.03. The number of hydrogen-bond acceptors (Lipinski definition) is 4. The molecule has 0 amide bonds. The van der Waals surface area contributed by atoms with E-state index < -0.39 is 11.6 Å². The number of fused-ring (bicyclic) bond motifs is 1. The minimum Gasteiger partial charge on any atom is -0.481 e. The van der Waals surface area contributed by atoms with E-state index in [1.807, 2.05) is 12.1 Å². The van der Waals surface area contributed by atoms with E-state index in [1.54, 1.807) is 18.2 Å². The van der Waals surface area contributed by atoms with Gasteiger partial charge in [-0.3, -0.25) is 4.79 Å². The summed E-state index contributed by atoms with van der Waals surface area (Å²) in [5.41, 5.74) is 0.124. The monoisotopic (exact) mass is 250 g/mol. The number of benzene rings is 1. The Morgan fingerprint density at radius 3 is 2.88 bits per heavy atom. The molecule has 2 rings (SSSR count). The van der Waals surface area contributed by atoms with E-state index in [2.05, 4.69) is 0 Å². The molecule has 0 radical (unpaired) electrons. The number of thioether (sulfide) groups is 1. The van der Waals surface area contributed by atoms with Crippen LogP contribution < -0.4 is 5.63 Å². The Morgan fingerprint density at radius 2 is 2.12 bits per heavy atom. The van der Waals surface area contributed by atoms with Crippen molar-refractivity contribution in [1.82, 2.24) is 0 Å². The van der Waals surface area contributed by atoms with E-state index >= 15 is 0 Å². The van der Waals surface area contributed by atoms with E-state index in [4.69, 9.17) is 9.52 Å². The molecule has 2 aromatic rings. The van der Waals surface area contributed by atoms with Gasteiger partial charge in [0.15, 0.2) is 0 Å². The van der Waals surface area contributed by atoms with E-state index in [1.165, 1.54) is 11.8 Å². The molecular formula is C12H10O4S. The van der Waals surface area contributed by atoms with E-state index in [0.29, 0.717) is 16.2 Å². The van der Waals surface area contributed by atoms with Crippen LogP contribution in [0.5, 0.6) is 0 Å². The lowest BCUT2D eigenvalue weighted by Gasteiger charge is -2.00. The van der Waals surface area contributed by atoms with Crippen LogP contribution >= 0.6 is 11.8 Å². The average molecular weight is 250 g/mol. The molecule has 0 aliphatic heterocycles. The molecule has 0 aliphatic rings. The number of carboxylic acid groups (broad SMARTS) is 1. The second kappa shape index (κ2) is 5.05. The van der Waals surface area contributed by atoms with Gasteiger partial charge in [-0.1, -0.05) is 18.2 Å². The first-order chi connectivity index (χ1) is 8.16. The smallest absolute Gasteiger partial charge is 0.350 e. The fourth-order valence-electron chi connectivity index (χ4n) is 1.39. The largest absolute Gasteiger partial charge is 0.481 e. The van der Waals surface area contributed by atoms with E-state index in [-0.39, 0.29) is 6.42 Å². The molecule has 0 saturated heterocycles. The van der Waals surface area contributed by atoms with E-state index in [0.717, 1.165) is 5.39 Å². The van der Waals surface area contributed by atoms with Crippen molar-refractivity contribution in [3.05, 3.63) is 40.8 Å². The van der Waals surface area contributed by atoms with Crippen molar-refractivity contribution in [3.8, 4) is 0 Å². The van der Waals surface area contributed by atoms with Gasteiger partial charge in [0.1, 0.15) is 5.58 Å². The van der Waals surface area contributed by atoms with Gasteiger partial charge in [0.2, 0.25) is 0 Å². The summed E-state index contributed by atoms with van der Waals surface area (Å²) in [6, 6.07) is 8.95. The number of rotatable bonds is 4. The third-order valence-electron chi connectivity index (χ3n) is 2.18. The zero-order valence-electron chi connectivity index (χ0n) is 8.88. The van der Waals surface area contributed by atoms with Crippen molar-refractivity contribution in [1.29, 1.82) is 0 Å². The molecule has 0 spiro atoms. The number of para-hydroxylation sites is 1. The molecule has 1 N–H and O–H groups in total. The maximum absolute atomic E-state index is 11.6. The summed E-state index contributed by atoms with van der Waals surface area (Å²) in [4.78, 5) is 22.4. The van der Waals surface area contributed by atoms with Crippen LogP contribution in [-0.4, -0.2) is 16.8 Å². The number of hydrogen-bond donors (Lipinski definition) is 1. The Kier molecular flexibility index (Phi) is 3.49. The molecule has 0 saturated carbocycles. The predicted octanol–water partition coefficient (Wildman–Crippen LogP) is 2.36. The van der Waals surface area contributed by atoms with Crippen LogP contribution in [0.15, 0.2) is 44.4 Å². The summed E-state index contributed by atoms with van der Waals surface area (Å²) < 4.78 is 5.13. The van der Waals surface area contributed by atoms with Gasteiger partial charge in [-0.25, -0.2) is 4.79 Å². The zero-order valence-corrected chi connectivity index (χ0v) is 9.70. The summed E-state index contributed by atoms with van der Waals surface area (Å²) in [6.45, 7) is 0. The summed E-state index contributed by atoms with van der Waals surface area (Å²) >= 11 is 1.20. The van der Waals surface area contributed by atoms with Gasteiger partial charge in [0.25, 0.3) is 0 Å². The Balaban J connectivity index is 2.25. The molecule has 88 valence electrons. The molecular weight excluding hydrogens is 240 g/mol. The normalized spacial score (nSPS) is 10.6. The maximum atomic E-state index is 11.6. The highest BCUT2D eigenvalue weighted by Crippen LogP contribution is 2.20. The van der Waals surface area contributed by atoms with Gasteiger partial charge in [-0.2, -0.15) is 0 Å². The van der Waals surface area contributed by atoms with Crippen molar-refractivity contribution >= 4 is 28.7 Å². The van der Waals surface area contributed by atoms with Crippen LogP contribution in [0.25, 0.3) is 11.0 Å². The fraction of sp³-hybridized carbons (Fsp3) is 0.167. The number of carbonyl (C=O) groups is 1. The summed E-state index contributed by atoms with van der Waals surface area (Å²) in [5, 5.41) is 9.36. The van der Waals surface area contributed by atoms with Gasteiger partial charge in [-0.15, -0.1) is 11.8 Å². The third kappa shape index (κ3) is 2.88. The quantitative estimate of drug-likeness (QED) is 0.666. The molecule has 17 heavy (non-hydrogen) atoms. The first kappa shape index (κ1) is 11.7. The molecule has 1 heterocycles. The van der Waals surface area contributed by atoms with Gasteiger partial charge in [0, 0.05) is 11.1 Å². The molecule has 4 nitrogen and oxygen atoms in total. The standard InChI is InChI=1S/C12H10O4S/c13-11(14)5-6-17-10-7-8-3-1-2-4-9(8)16-12(10)15/h1-4,7H,5-6H2,(H,13,14). The molecule has 0 atom stereocenters. The van der Waals surface area contributed by atoms with Crippen molar-refractivity contribution in [2.45, 2.75) is 11.3 Å². The predicted molar refractivity (Wildman–Crippen MR) is 65.5 cm³/mol. The molecule has 0 aliphatic carbocycles. The second-order valence-electron chi connectivity index (χ2n) is 3.43. The molecule has 1 aromatic heterocycles. The van der Waals surface area contributed by atoms with Crippen LogP contribution in [0, 0.1) is 0 Å². The average Bonchev–Trinajstić information content (AvgIpc) is 2.29. The van der Waals surface area contributed by atoms with Gasteiger partial charge >= 0.3 is 11.6 Å². The zero-order chi connectivity index (χ0) is 12.3. The van der Waals surface area contributed by atoms with Crippen LogP contribution in [0.2, 0.25) is 0 Å². The molecule has 0 bridgehead atoms. The lowest BCUT2D eigenvalue weighted by Crippen LogP contribution is -2.03. The number of carboxylic acids is 1. The minimum absolute atomic E-state index is 0.0247. The van der Waals surface area contributed by atoms with Crippen molar-refractivity contribution in [2.75, 3.05) is 5.75 Å². The summed E-state index contributed by atoms with van der Waals surface area (Å²) in [7, 11) is 0. The van der Waals surface area contributed by atoms with Crippen LogP contribution in [0.1, 0.15) is 6.42 Å². The van der Waals surface area contributed by atoms with Crippen LogP contribution in [-0.2, 0) is 4.79 Å². The van der Waals surface area contributed by atoms with Crippen LogP contribution in [0.4, 0.5) is 0 Å². The summed E-state index contributed by atoms with van der Waals surface area (Å²) in [5.74, 6) is -0.513. The minimum atomic E-state index is -0.873. The Hall–Kier alpha value is -1.75. The van der Waals surface area contributed by atoms with E-state index in [9.17, 15) is 9.59 Å². The molecule has 0 fully saturated rings. The van der Waals surface area contributed by atoms with Gasteiger partial charge in [-0.05, 0) is 12.1 Å². The number of aliphatic carboxylic acids is 1. The molecule has 0 unspecified atom stereocenters. The Labute approximate surface area is 101 Å². The summed E-state index contributed by atoms with van der Waals surface area (Å²) in [6.07, 6.45) is 0.0247. The Bertz CT molecular complexity index is 603. The maximum Gasteiger partial charge on any atom is 0.350 e. The molecule has 5 heteroatoms. The van der Waals surface area contributed by atoms with Crippen molar-refractivity contribution in [3.63, 3.8) is 0 Å². The van der Waals surface area contributed by atoms with Crippen molar-refractivity contribution in [2.24, 2.45) is 0 Å². The molecule has 1 aromatic carbocycles. The highest BCUT2D eigenvalue weighted by molar-refractivity contribution is 7.99.